The first-order valence-corrected chi connectivity index (χ1v) is 7.99. The normalized spacial score (nSPS) is 14.2. The molecule has 0 spiro atoms. The van der Waals surface area contributed by atoms with Crippen LogP contribution < -0.4 is 4.90 Å². The lowest BCUT2D eigenvalue weighted by molar-refractivity contribution is 0.698. The molecule has 1 fully saturated rings. The van der Waals surface area contributed by atoms with E-state index in [0.717, 1.165) is 36.8 Å². The van der Waals surface area contributed by atoms with E-state index >= 15 is 0 Å². The van der Waals surface area contributed by atoms with Gasteiger partial charge in [-0.3, -0.25) is 0 Å². The second kappa shape index (κ2) is 6.44. The van der Waals surface area contributed by atoms with Crippen molar-refractivity contribution in [1.29, 1.82) is 0 Å². The molecule has 0 atom stereocenters. The van der Waals surface area contributed by atoms with Crippen molar-refractivity contribution < 1.29 is 0 Å². The van der Waals surface area contributed by atoms with Gasteiger partial charge in [0.05, 0.1) is 0 Å². The first-order chi connectivity index (χ1) is 10.3. The van der Waals surface area contributed by atoms with Crippen molar-refractivity contribution in [3.05, 3.63) is 41.6 Å². The molecule has 1 aromatic carbocycles. The molecule has 21 heavy (non-hydrogen) atoms. The van der Waals surface area contributed by atoms with Gasteiger partial charge in [0.1, 0.15) is 11.0 Å². The number of benzene rings is 1. The minimum absolute atomic E-state index is 0.510. The molecular formula is C17H20ClN3. The van der Waals surface area contributed by atoms with E-state index in [1.807, 2.05) is 36.4 Å². The highest BCUT2D eigenvalue weighted by molar-refractivity contribution is 6.29. The van der Waals surface area contributed by atoms with E-state index in [1.54, 1.807) is 0 Å². The van der Waals surface area contributed by atoms with E-state index in [1.165, 1.54) is 12.8 Å². The summed E-state index contributed by atoms with van der Waals surface area (Å²) in [5.74, 6) is 2.48. The maximum absolute atomic E-state index is 6.22. The molecule has 1 aromatic heterocycles. The van der Waals surface area contributed by atoms with Crippen LogP contribution in [-0.2, 0) is 0 Å². The molecule has 0 N–H and O–H groups in total. The summed E-state index contributed by atoms with van der Waals surface area (Å²) in [5, 5.41) is 0.510. The Hall–Kier alpha value is -1.61. The molecule has 1 heterocycles. The van der Waals surface area contributed by atoms with Crippen LogP contribution in [0.1, 0.15) is 26.2 Å². The first-order valence-electron chi connectivity index (χ1n) is 7.61. The monoisotopic (exact) mass is 301 g/mol. The van der Waals surface area contributed by atoms with Gasteiger partial charge < -0.3 is 4.90 Å². The van der Waals surface area contributed by atoms with E-state index in [2.05, 4.69) is 16.8 Å². The van der Waals surface area contributed by atoms with Gasteiger partial charge in [-0.05, 0) is 25.2 Å². The Morgan fingerprint density at radius 3 is 2.62 bits per heavy atom. The molecule has 3 rings (SSSR count). The number of halogens is 1. The summed E-state index contributed by atoms with van der Waals surface area (Å²) < 4.78 is 0. The van der Waals surface area contributed by atoms with Crippen LogP contribution in [0.4, 0.5) is 5.82 Å². The van der Waals surface area contributed by atoms with E-state index in [0.29, 0.717) is 11.0 Å². The van der Waals surface area contributed by atoms with Crippen LogP contribution in [-0.4, -0.2) is 23.1 Å². The fourth-order valence-electron chi connectivity index (χ4n) is 2.47. The molecular weight excluding hydrogens is 282 g/mol. The molecule has 0 amide bonds. The van der Waals surface area contributed by atoms with Gasteiger partial charge in [-0.1, -0.05) is 48.9 Å². The lowest BCUT2D eigenvalue weighted by atomic mass is 10.2. The molecule has 0 bridgehead atoms. The third-order valence-electron chi connectivity index (χ3n) is 3.71. The molecule has 1 aliphatic carbocycles. The largest absolute Gasteiger partial charge is 0.356 e. The predicted octanol–water partition coefficient (Wildman–Crippen LogP) is 4.42. The maximum atomic E-state index is 6.22. The van der Waals surface area contributed by atoms with Crippen molar-refractivity contribution in [2.75, 3.05) is 18.0 Å². The molecule has 1 aliphatic rings. The third-order valence-corrected chi connectivity index (χ3v) is 3.90. The Morgan fingerprint density at radius 2 is 1.95 bits per heavy atom. The summed E-state index contributed by atoms with van der Waals surface area (Å²) in [4.78, 5) is 11.4. The van der Waals surface area contributed by atoms with Crippen LogP contribution in [0.5, 0.6) is 0 Å². The Labute approximate surface area is 131 Å². The summed E-state index contributed by atoms with van der Waals surface area (Å²) in [5.41, 5.74) is 1.00. The zero-order valence-corrected chi connectivity index (χ0v) is 13.1. The minimum Gasteiger partial charge on any atom is -0.356 e. The van der Waals surface area contributed by atoms with Gasteiger partial charge in [0.15, 0.2) is 5.82 Å². The van der Waals surface area contributed by atoms with E-state index in [-0.39, 0.29) is 0 Å². The van der Waals surface area contributed by atoms with Gasteiger partial charge in [-0.25, -0.2) is 9.97 Å². The zero-order chi connectivity index (χ0) is 14.7. The van der Waals surface area contributed by atoms with Gasteiger partial charge in [-0.2, -0.15) is 0 Å². The van der Waals surface area contributed by atoms with Crippen molar-refractivity contribution in [3.8, 4) is 11.4 Å². The third kappa shape index (κ3) is 3.73. The molecule has 0 radical (unpaired) electrons. The van der Waals surface area contributed by atoms with Gasteiger partial charge in [-0.15, -0.1) is 0 Å². The fourth-order valence-corrected chi connectivity index (χ4v) is 2.64. The van der Waals surface area contributed by atoms with Crippen molar-refractivity contribution in [1.82, 2.24) is 9.97 Å². The predicted molar refractivity (Wildman–Crippen MR) is 87.7 cm³/mol. The Balaban J connectivity index is 1.91. The van der Waals surface area contributed by atoms with E-state index in [9.17, 15) is 0 Å². The average Bonchev–Trinajstić information content (AvgIpc) is 3.31. The van der Waals surface area contributed by atoms with Crippen LogP contribution in [0.25, 0.3) is 11.4 Å². The second-order valence-electron chi connectivity index (χ2n) is 5.63. The highest BCUT2D eigenvalue weighted by Crippen LogP contribution is 2.32. The molecule has 0 aliphatic heterocycles. The fraction of sp³-hybridized carbons (Fsp3) is 0.412. The van der Waals surface area contributed by atoms with Gasteiger partial charge in [0, 0.05) is 24.7 Å². The van der Waals surface area contributed by atoms with Crippen molar-refractivity contribution in [2.24, 2.45) is 5.92 Å². The smallest absolute Gasteiger partial charge is 0.163 e. The summed E-state index contributed by atoms with van der Waals surface area (Å²) in [6.07, 6.45) is 3.78. The maximum Gasteiger partial charge on any atom is 0.163 e. The summed E-state index contributed by atoms with van der Waals surface area (Å²) in [6.45, 7) is 4.29. The quantitative estimate of drug-likeness (QED) is 0.739. The van der Waals surface area contributed by atoms with Crippen LogP contribution in [0.15, 0.2) is 36.4 Å². The van der Waals surface area contributed by atoms with Crippen LogP contribution in [0.2, 0.25) is 5.15 Å². The number of rotatable bonds is 6. The summed E-state index contributed by atoms with van der Waals surface area (Å²) in [7, 11) is 0. The lowest BCUT2D eigenvalue weighted by Crippen LogP contribution is -2.27. The molecule has 0 saturated heterocycles. The highest BCUT2D eigenvalue weighted by Gasteiger charge is 2.25. The number of hydrogen-bond donors (Lipinski definition) is 0. The van der Waals surface area contributed by atoms with Crippen LogP contribution >= 0.6 is 11.6 Å². The standard InChI is InChI=1S/C17H20ClN3/c1-2-10-21(12-13-8-9-13)16-11-15(18)19-17(20-16)14-6-4-3-5-7-14/h3-7,11,13H,2,8-10,12H2,1H3. The Bertz CT molecular complexity index is 596. The number of hydrogen-bond acceptors (Lipinski definition) is 3. The average molecular weight is 302 g/mol. The number of nitrogens with zero attached hydrogens (tertiary/aromatic N) is 3. The summed E-state index contributed by atoms with van der Waals surface area (Å²) in [6, 6.07) is 11.9. The number of aromatic nitrogens is 2. The molecule has 110 valence electrons. The molecule has 0 unspecified atom stereocenters. The van der Waals surface area contributed by atoms with Crippen molar-refractivity contribution in [3.63, 3.8) is 0 Å². The Morgan fingerprint density at radius 1 is 1.19 bits per heavy atom. The van der Waals surface area contributed by atoms with Gasteiger partial charge in [0.2, 0.25) is 0 Å². The van der Waals surface area contributed by atoms with Crippen molar-refractivity contribution in [2.45, 2.75) is 26.2 Å². The first kappa shape index (κ1) is 14.3. The Kier molecular flexibility index (Phi) is 4.39. The molecule has 3 nitrogen and oxygen atoms in total. The minimum atomic E-state index is 0.510. The van der Waals surface area contributed by atoms with Crippen LogP contribution in [0.3, 0.4) is 0 Å². The number of anilines is 1. The zero-order valence-electron chi connectivity index (χ0n) is 12.3. The van der Waals surface area contributed by atoms with Crippen molar-refractivity contribution >= 4 is 17.4 Å². The highest BCUT2D eigenvalue weighted by atomic mass is 35.5. The molecule has 4 heteroatoms. The summed E-state index contributed by atoms with van der Waals surface area (Å²) >= 11 is 6.22. The topological polar surface area (TPSA) is 29.0 Å². The molecule has 2 aromatic rings. The van der Waals surface area contributed by atoms with Crippen LogP contribution in [0, 0.1) is 5.92 Å². The van der Waals surface area contributed by atoms with E-state index < -0.39 is 0 Å². The van der Waals surface area contributed by atoms with E-state index in [4.69, 9.17) is 16.6 Å². The molecule has 1 saturated carbocycles. The van der Waals surface area contributed by atoms with Gasteiger partial charge >= 0.3 is 0 Å². The second-order valence-corrected chi connectivity index (χ2v) is 6.02. The SMILES string of the molecule is CCCN(CC1CC1)c1cc(Cl)nc(-c2ccccc2)n1. The van der Waals surface area contributed by atoms with Gasteiger partial charge in [0.25, 0.3) is 0 Å². The lowest BCUT2D eigenvalue weighted by Gasteiger charge is -2.23.